The number of carbonyl (C=O) groups excluding carboxylic acids is 1. The summed E-state index contributed by atoms with van der Waals surface area (Å²) in [5, 5.41) is 9.66. The van der Waals surface area contributed by atoms with Crippen LogP contribution in [-0.4, -0.2) is 29.3 Å². The van der Waals surface area contributed by atoms with Gasteiger partial charge in [-0.25, -0.2) is 0 Å². The summed E-state index contributed by atoms with van der Waals surface area (Å²) in [5.41, 5.74) is 1.19. The molecule has 5 nitrogen and oxygen atoms in total. The maximum absolute atomic E-state index is 11.9. The summed E-state index contributed by atoms with van der Waals surface area (Å²) in [7, 11) is 0. The predicted molar refractivity (Wildman–Crippen MR) is 83.5 cm³/mol. The van der Waals surface area contributed by atoms with E-state index in [9.17, 15) is 4.79 Å². The monoisotopic (exact) mass is 299 g/mol. The minimum Gasteiger partial charge on any atom is -0.493 e. The lowest BCUT2D eigenvalue weighted by Gasteiger charge is -2.17. The third-order valence-electron chi connectivity index (χ3n) is 4.10. The summed E-state index contributed by atoms with van der Waals surface area (Å²) >= 11 is 0. The predicted octanol–water partition coefficient (Wildman–Crippen LogP) is 2.32. The van der Waals surface area contributed by atoms with E-state index in [1.54, 1.807) is 6.20 Å². The number of H-pyrrole nitrogens is 1. The number of aryl methyl sites for hydroxylation is 1. The Morgan fingerprint density at radius 1 is 1.32 bits per heavy atom. The minimum absolute atomic E-state index is 0.0900. The van der Waals surface area contributed by atoms with Crippen molar-refractivity contribution < 1.29 is 9.53 Å². The molecule has 0 unspecified atom stereocenters. The fourth-order valence-electron chi connectivity index (χ4n) is 2.35. The second-order valence-corrected chi connectivity index (χ2v) is 5.99. The van der Waals surface area contributed by atoms with Crippen molar-refractivity contribution in [2.24, 2.45) is 5.41 Å². The van der Waals surface area contributed by atoms with E-state index in [4.69, 9.17) is 4.74 Å². The number of para-hydroxylation sites is 1. The highest BCUT2D eigenvalue weighted by Crippen LogP contribution is 2.45. The molecule has 0 radical (unpaired) electrons. The lowest BCUT2D eigenvalue weighted by Crippen LogP contribution is -2.33. The van der Waals surface area contributed by atoms with Crippen molar-refractivity contribution in [1.82, 2.24) is 15.5 Å². The topological polar surface area (TPSA) is 67.0 Å². The third-order valence-corrected chi connectivity index (χ3v) is 4.10. The first-order valence-electron chi connectivity index (χ1n) is 7.68. The number of hydrogen-bond donors (Lipinski definition) is 2. The molecule has 1 aliphatic carbocycles. The first-order valence-corrected chi connectivity index (χ1v) is 7.68. The van der Waals surface area contributed by atoms with Gasteiger partial charge in [-0.05, 0) is 37.0 Å². The van der Waals surface area contributed by atoms with Gasteiger partial charge in [0.15, 0.2) is 0 Å². The van der Waals surface area contributed by atoms with Crippen molar-refractivity contribution >= 4 is 5.91 Å². The number of aromatic nitrogens is 2. The normalized spacial score (nSPS) is 15.3. The van der Waals surface area contributed by atoms with Crippen molar-refractivity contribution in [3.63, 3.8) is 0 Å². The number of ether oxygens (including phenoxy) is 1. The highest BCUT2D eigenvalue weighted by Gasteiger charge is 2.43. The Morgan fingerprint density at radius 3 is 2.82 bits per heavy atom. The number of aromatic amines is 1. The van der Waals surface area contributed by atoms with Crippen molar-refractivity contribution in [2.75, 3.05) is 13.2 Å². The van der Waals surface area contributed by atoms with Gasteiger partial charge in [-0.15, -0.1) is 0 Å². The van der Waals surface area contributed by atoms with Gasteiger partial charge in [0.2, 0.25) is 5.91 Å². The molecule has 3 rings (SSSR count). The van der Waals surface area contributed by atoms with E-state index in [1.165, 1.54) is 0 Å². The second-order valence-electron chi connectivity index (χ2n) is 5.99. The lowest BCUT2D eigenvalue weighted by molar-refractivity contribution is -0.121. The Hall–Kier alpha value is -2.30. The van der Waals surface area contributed by atoms with Gasteiger partial charge in [0.1, 0.15) is 5.75 Å². The fourth-order valence-corrected chi connectivity index (χ4v) is 2.35. The van der Waals surface area contributed by atoms with E-state index in [0.717, 1.165) is 30.6 Å². The zero-order valence-electron chi connectivity index (χ0n) is 12.5. The SMILES string of the molecule is O=C(CCc1cn[nH]c1)NCC1(COc2ccccc2)CC1. The standard InChI is InChI=1S/C17H21N3O2/c21-16(7-6-14-10-19-20-11-14)18-12-17(8-9-17)13-22-15-4-2-1-3-5-15/h1-5,10-11H,6-9,12-13H2,(H,18,21)(H,19,20). The van der Waals surface area contributed by atoms with Crippen LogP contribution in [0.4, 0.5) is 0 Å². The van der Waals surface area contributed by atoms with Gasteiger partial charge in [0.25, 0.3) is 0 Å². The summed E-state index contributed by atoms with van der Waals surface area (Å²) in [6.07, 6.45) is 7.02. The van der Waals surface area contributed by atoms with Crippen LogP contribution in [0.5, 0.6) is 5.75 Å². The molecule has 116 valence electrons. The first kappa shape index (κ1) is 14.6. The van der Waals surface area contributed by atoms with Crippen LogP contribution in [0, 0.1) is 5.41 Å². The highest BCUT2D eigenvalue weighted by atomic mass is 16.5. The fraction of sp³-hybridized carbons (Fsp3) is 0.412. The van der Waals surface area contributed by atoms with Crippen LogP contribution < -0.4 is 10.1 Å². The molecule has 1 saturated carbocycles. The van der Waals surface area contributed by atoms with Gasteiger partial charge >= 0.3 is 0 Å². The average molecular weight is 299 g/mol. The molecule has 5 heteroatoms. The summed E-state index contributed by atoms with van der Waals surface area (Å²) in [6, 6.07) is 9.82. The molecule has 1 aromatic carbocycles. The lowest BCUT2D eigenvalue weighted by atomic mass is 10.1. The second kappa shape index (κ2) is 6.64. The molecular formula is C17H21N3O2. The van der Waals surface area contributed by atoms with Gasteiger partial charge in [-0.1, -0.05) is 18.2 Å². The molecule has 1 fully saturated rings. The van der Waals surface area contributed by atoms with E-state index in [-0.39, 0.29) is 11.3 Å². The number of amides is 1. The Morgan fingerprint density at radius 2 is 2.14 bits per heavy atom. The Bertz CT molecular complexity index is 592. The number of carbonyl (C=O) groups is 1. The van der Waals surface area contributed by atoms with E-state index in [2.05, 4.69) is 15.5 Å². The molecule has 0 saturated heterocycles. The molecule has 0 aliphatic heterocycles. The number of benzene rings is 1. The quantitative estimate of drug-likeness (QED) is 0.786. The molecule has 1 heterocycles. The van der Waals surface area contributed by atoms with Crippen molar-refractivity contribution in [3.05, 3.63) is 48.3 Å². The van der Waals surface area contributed by atoms with Crippen molar-refractivity contribution in [2.45, 2.75) is 25.7 Å². The molecule has 1 aromatic heterocycles. The largest absolute Gasteiger partial charge is 0.493 e. The van der Waals surface area contributed by atoms with Gasteiger partial charge in [-0.3, -0.25) is 9.89 Å². The maximum atomic E-state index is 11.9. The zero-order valence-corrected chi connectivity index (χ0v) is 12.5. The van der Waals surface area contributed by atoms with Crippen LogP contribution in [0.15, 0.2) is 42.7 Å². The summed E-state index contributed by atoms with van der Waals surface area (Å²) in [4.78, 5) is 11.9. The van der Waals surface area contributed by atoms with Gasteiger partial charge < -0.3 is 10.1 Å². The third kappa shape index (κ3) is 4.10. The van der Waals surface area contributed by atoms with Crippen LogP contribution in [0.2, 0.25) is 0 Å². The molecule has 1 amide bonds. The highest BCUT2D eigenvalue weighted by molar-refractivity contribution is 5.76. The molecule has 0 atom stereocenters. The first-order chi connectivity index (χ1) is 10.8. The van der Waals surface area contributed by atoms with Gasteiger partial charge in [0, 0.05) is 24.6 Å². The smallest absolute Gasteiger partial charge is 0.220 e. The molecule has 22 heavy (non-hydrogen) atoms. The van der Waals surface area contributed by atoms with E-state index in [0.29, 0.717) is 19.6 Å². The van der Waals surface area contributed by atoms with E-state index in [1.807, 2.05) is 36.5 Å². The minimum atomic E-state index is 0.0900. The number of rotatable bonds is 8. The summed E-state index contributed by atoms with van der Waals surface area (Å²) in [5.74, 6) is 0.979. The summed E-state index contributed by atoms with van der Waals surface area (Å²) < 4.78 is 5.82. The Balaban J connectivity index is 1.38. The van der Waals surface area contributed by atoms with Crippen LogP contribution in [0.1, 0.15) is 24.8 Å². The average Bonchev–Trinajstić information content (AvgIpc) is 3.13. The number of nitrogens with zero attached hydrogens (tertiary/aromatic N) is 1. The maximum Gasteiger partial charge on any atom is 0.220 e. The molecule has 2 aromatic rings. The zero-order chi connectivity index (χ0) is 15.3. The van der Waals surface area contributed by atoms with Crippen LogP contribution in [0.25, 0.3) is 0 Å². The van der Waals surface area contributed by atoms with Crippen LogP contribution in [-0.2, 0) is 11.2 Å². The molecular weight excluding hydrogens is 278 g/mol. The van der Waals surface area contributed by atoms with Gasteiger partial charge in [0.05, 0.1) is 12.8 Å². The molecule has 1 aliphatic rings. The molecule has 0 spiro atoms. The molecule has 2 N–H and O–H groups in total. The van der Waals surface area contributed by atoms with Gasteiger partial charge in [-0.2, -0.15) is 5.10 Å². The Labute approximate surface area is 130 Å². The summed E-state index contributed by atoms with van der Waals surface area (Å²) in [6.45, 7) is 1.36. The van der Waals surface area contributed by atoms with Crippen LogP contribution in [0.3, 0.4) is 0 Å². The van der Waals surface area contributed by atoms with E-state index >= 15 is 0 Å². The van der Waals surface area contributed by atoms with Crippen molar-refractivity contribution in [3.8, 4) is 5.75 Å². The van der Waals surface area contributed by atoms with E-state index < -0.39 is 0 Å². The Kier molecular flexibility index (Phi) is 4.42. The number of nitrogens with one attached hydrogen (secondary N) is 2. The number of hydrogen-bond acceptors (Lipinski definition) is 3. The molecule has 0 bridgehead atoms. The van der Waals surface area contributed by atoms with Crippen LogP contribution >= 0.6 is 0 Å². The van der Waals surface area contributed by atoms with Crippen molar-refractivity contribution in [1.29, 1.82) is 0 Å².